The van der Waals surface area contributed by atoms with Crippen molar-refractivity contribution < 1.29 is 50.8 Å². The third-order valence-corrected chi connectivity index (χ3v) is 11.6. The molecule has 0 aromatic heterocycles. The SMILES string of the molecule is C=CC1CC1(C(=O)OC)N(C(=O)OC(C)(C)C)C(=O)C1CC(OS(=O)(=O)c2ccc(Br)cc2)CN1C(=O)C(NC(=O)OC(C)(C)C)C1CC1CCC=CCC. The molecule has 0 spiro atoms. The van der Waals surface area contributed by atoms with Crippen molar-refractivity contribution in [3.05, 3.63) is 53.5 Å². The summed E-state index contributed by atoms with van der Waals surface area (Å²) in [7, 11) is -3.29. The largest absolute Gasteiger partial charge is 0.467 e. The van der Waals surface area contributed by atoms with Crippen LogP contribution in [0.3, 0.4) is 0 Å². The molecule has 55 heavy (non-hydrogen) atoms. The molecule has 7 atom stereocenters. The van der Waals surface area contributed by atoms with E-state index in [2.05, 4.69) is 40.0 Å². The van der Waals surface area contributed by atoms with Gasteiger partial charge in [-0.3, -0.25) is 13.8 Å². The maximum atomic E-state index is 14.9. The molecule has 4 rings (SSSR count). The van der Waals surface area contributed by atoms with E-state index in [1.807, 2.05) is 6.92 Å². The van der Waals surface area contributed by atoms with Crippen LogP contribution in [-0.2, 0) is 42.9 Å². The van der Waals surface area contributed by atoms with Crippen LogP contribution < -0.4 is 5.32 Å². The van der Waals surface area contributed by atoms with Gasteiger partial charge in [0.05, 0.1) is 18.1 Å². The van der Waals surface area contributed by atoms with E-state index in [9.17, 15) is 32.4 Å². The topological polar surface area (TPSA) is 175 Å². The molecule has 7 unspecified atom stereocenters. The Kier molecular flexibility index (Phi) is 13.7. The molecule has 2 aliphatic carbocycles. The number of halogens is 1. The number of rotatable bonds is 14. The van der Waals surface area contributed by atoms with Gasteiger partial charge in [0.15, 0.2) is 5.54 Å². The molecule has 1 aliphatic heterocycles. The van der Waals surface area contributed by atoms with Crippen LogP contribution in [0.5, 0.6) is 0 Å². The summed E-state index contributed by atoms with van der Waals surface area (Å²) in [6, 6.07) is 3.05. The van der Waals surface area contributed by atoms with Gasteiger partial charge in [0.25, 0.3) is 16.0 Å². The molecule has 1 saturated heterocycles. The first-order chi connectivity index (χ1) is 25.6. The number of hydrogen-bond acceptors (Lipinski definition) is 11. The lowest BCUT2D eigenvalue weighted by Crippen LogP contribution is -2.60. The third kappa shape index (κ3) is 10.8. The molecular weight excluding hydrogens is 798 g/mol. The normalized spacial score (nSPS) is 25.5. The number of carbonyl (C=O) groups excluding carboxylic acids is 5. The Balaban J connectivity index is 1.77. The number of amides is 4. The minimum Gasteiger partial charge on any atom is -0.467 e. The van der Waals surface area contributed by atoms with Crippen LogP contribution in [0.2, 0.25) is 0 Å². The van der Waals surface area contributed by atoms with E-state index >= 15 is 0 Å². The molecule has 14 nitrogen and oxygen atoms in total. The van der Waals surface area contributed by atoms with Gasteiger partial charge in [0, 0.05) is 23.4 Å². The van der Waals surface area contributed by atoms with E-state index in [0.717, 1.165) is 31.3 Å². The Morgan fingerprint density at radius 2 is 1.67 bits per heavy atom. The smallest absolute Gasteiger partial charge is 0.418 e. The van der Waals surface area contributed by atoms with Gasteiger partial charge < -0.3 is 24.4 Å². The van der Waals surface area contributed by atoms with Gasteiger partial charge in [0.1, 0.15) is 23.3 Å². The van der Waals surface area contributed by atoms with E-state index in [1.54, 1.807) is 41.5 Å². The highest BCUT2D eigenvalue weighted by Gasteiger charge is 2.69. The van der Waals surface area contributed by atoms with E-state index in [1.165, 1.54) is 30.3 Å². The second-order valence-electron chi connectivity index (χ2n) is 16.2. The first-order valence-corrected chi connectivity index (χ1v) is 20.7. The molecule has 1 aromatic rings. The van der Waals surface area contributed by atoms with E-state index in [0.29, 0.717) is 15.8 Å². The second kappa shape index (κ2) is 17.2. The number of imide groups is 1. The Morgan fingerprint density at radius 1 is 1.04 bits per heavy atom. The standard InChI is InChI=1S/C39H54BrN3O11S/c1-10-12-13-14-15-24-20-29(24)31(41-35(47)52-37(3,4)5)33(45)42-23-27(54-55(49,50)28-18-16-26(40)17-19-28)21-30(42)32(44)43(36(48)53-38(6,7)8)39(34(46)51-9)22-25(39)11-2/h11-13,16-19,24-25,27,29-31H,2,10,14-15,20-23H2,1,3-9H3,(H,41,47). The number of carbonyl (C=O) groups is 5. The fourth-order valence-electron chi connectivity index (χ4n) is 6.97. The van der Waals surface area contributed by atoms with E-state index < -0.39 is 87.5 Å². The van der Waals surface area contributed by atoms with Crippen molar-refractivity contribution in [2.45, 2.75) is 127 Å². The number of esters is 1. The summed E-state index contributed by atoms with van der Waals surface area (Å²) < 4.78 is 49.5. The first-order valence-electron chi connectivity index (χ1n) is 18.5. The molecule has 1 aromatic carbocycles. The molecular formula is C39H54BrN3O11S. The molecule has 304 valence electrons. The van der Waals surface area contributed by atoms with Crippen molar-refractivity contribution in [1.82, 2.24) is 15.1 Å². The highest BCUT2D eigenvalue weighted by atomic mass is 79.9. The van der Waals surface area contributed by atoms with Crippen LogP contribution in [0.1, 0.15) is 87.0 Å². The third-order valence-electron chi connectivity index (χ3n) is 9.65. The Hall–Kier alpha value is -3.76. The first kappa shape index (κ1) is 44.0. The number of methoxy groups -OCH3 is 1. The van der Waals surface area contributed by atoms with Crippen LogP contribution in [0.25, 0.3) is 0 Å². The van der Waals surface area contributed by atoms with Crippen molar-refractivity contribution in [2.24, 2.45) is 17.8 Å². The molecule has 1 N–H and O–H groups in total. The number of alkyl carbamates (subject to hydrolysis) is 1. The summed E-state index contributed by atoms with van der Waals surface area (Å²) in [4.78, 5) is 72.0. The van der Waals surface area contributed by atoms with Gasteiger partial charge in [-0.1, -0.05) is 41.1 Å². The number of hydrogen-bond donors (Lipinski definition) is 1. The lowest BCUT2D eigenvalue weighted by atomic mass is 10.0. The maximum absolute atomic E-state index is 14.9. The number of likely N-dealkylation sites (tertiary alicyclic amines) is 1. The second-order valence-corrected chi connectivity index (χ2v) is 18.7. The maximum Gasteiger partial charge on any atom is 0.418 e. The predicted octanol–water partition coefficient (Wildman–Crippen LogP) is 6.28. The van der Waals surface area contributed by atoms with Crippen LogP contribution in [0, 0.1) is 17.8 Å². The summed E-state index contributed by atoms with van der Waals surface area (Å²) in [6.07, 6.45) is 4.91. The highest BCUT2D eigenvalue weighted by molar-refractivity contribution is 9.10. The van der Waals surface area contributed by atoms with E-state index in [-0.39, 0.29) is 29.6 Å². The Morgan fingerprint density at radius 3 is 2.22 bits per heavy atom. The lowest BCUT2D eigenvalue weighted by molar-refractivity contribution is -0.157. The zero-order valence-corrected chi connectivity index (χ0v) is 35.2. The van der Waals surface area contributed by atoms with Crippen molar-refractivity contribution in [1.29, 1.82) is 0 Å². The summed E-state index contributed by atoms with van der Waals surface area (Å²) in [5.41, 5.74) is -3.81. The Bertz CT molecular complexity index is 1770. The number of nitrogens with zero attached hydrogens (tertiary/aromatic N) is 2. The zero-order valence-electron chi connectivity index (χ0n) is 32.8. The van der Waals surface area contributed by atoms with Gasteiger partial charge >= 0.3 is 18.2 Å². The number of ether oxygens (including phenoxy) is 3. The van der Waals surface area contributed by atoms with Crippen molar-refractivity contribution in [3.63, 3.8) is 0 Å². The minimum absolute atomic E-state index is 0.00818. The van der Waals surface area contributed by atoms with E-state index in [4.69, 9.17) is 18.4 Å². The van der Waals surface area contributed by atoms with Gasteiger partial charge in [-0.2, -0.15) is 8.42 Å². The quantitative estimate of drug-likeness (QED) is 0.0966. The van der Waals surface area contributed by atoms with Crippen LogP contribution >= 0.6 is 15.9 Å². The number of benzene rings is 1. The molecule has 1 heterocycles. The number of nitrogens with one attached hydrogen (secondary N) is 1. The average molecular weight is 853 g/mol. The minimum atomic E-state index is -4.41. The van der Waals surface area contributed by atoms with Crippen LogP contribution in [-0.4, -0.2) is 96.8 Å². The molecule has 3 fully saturated rings. The van der Waals surface area contributed by atoms with Crippen LogP contribution in [0.4, 0.5) is 9.59 Å². The van der Waals surface area contributed by atoms with Crippen LogP contribution in [0.15, 0.2) is 58.4 Å². The zero-order chi connectivity index (χ0) is 41.1. The highest BCUT2D eigenvalue weighted by Crippen LogP contribution is 2.52. The fraction of sp³-hybridized carbons (Fsp3) is 0.615. The van der Waals surface area contributed by atoms with Gasteiger partial charge in [-0.05, 0) is 110 Å². The van der Waals surface area contributed by atoms with Crippen molar-refractivity contribution >= 4 is 56.0 Å². The molecule has 3 aliphatic rings. The summed E-state index contributed by atoms with van der Waals surface area (Å²) in [6.45, 7) is 15.2. The Labute approximate surface area is 332 Å². The molecule has 16 heteroatoms. The fourth-order valence-corrected chi connectivity index (χ4v) is 8.32. The van der Waals surface area contributed by atoms with Gasteiger partial charge in [-0.25, -0.2) is 19.3 Å². The van der Waals surface area contributed by atoms with Crippen molar-refractivity contribution in [2.75, 3.05) is 13.7 Å². The molecule has 4 amide bonds. The predicted molar refractivity (Wildman–Crippen MR) is 206 cm³/mol. The average Bonchev–Trinajstić information content (AvgIpc) is 3.97. The monoisotopic (exact) mass is 851 g/mol. The van der Waals surface area contributed by atoms with Gasteiger partial charge in [0.2, 0.25) is 5.91 Å². The molecule has 0 bridgehead atoms. The summed E-state index contributed by atoms with van der Waals surface area (Å²) in [5.74, 6) is -3.54. The van der Waals surface area contributed by atoms with Crippen molar-refractivity contribution in [3.8, 4) is 0 Å². The summed E-state index contributed by atoms with van der Waals surface area (Å²) >= 11 is 3.28. The lowest BCUT2D eigenvalue weighted by Gasteiger charge is -2.35. The molecule has 2 saturated carbocycles. The number of allylic oxidation sites excluding steroid dienone is 2. The summed E-state index contributed by atoms with van der Waals surface area (Å²) in [5, 5.41) is 2.73. The molecule has 0 radical (unpaired) electrons. The van der Waals surface area contributed by atoms with Gasteiger partial charge in [-0.15, -0.1) is 6.58 Å².